The van der Waals surface area contributed by atoms with Gasteiger partial charge in [0, 0.05) is 47.8 Å². The van der Waals surface area contributed by atoms with E-state index in [9.17, 15) is 0 Å². The molecule has 3 aromatic heterocycles. The highest BCUT2D eigenvalue weighted by Gasteiger charge is 2.15. The largest absolute Gasteiger partial charge is 0.346 e. The van der Waals surface area contributed by atoms with E-state index < -0.39 is 0 Å². The third kappa shape index (κ3) is 2.33. The molecule has 4 heteroatoms. The minimum Gasteiger partial charge on any atom is -0.346 e. The third-order valence-electron chi connectivity index (χ3n) is 3.93. The average molecular weight is 288 g/mol. The second-order valence-electron chi connectivity index (χ2n) is 5.39. The Morgan fingerprint density at radius 1 is 1.14 bits per heavy atom. The molecule has 108 valence electrons. The van der Waals surface area contributed by atoms with E-state index >= 15 is 0 Å². The lowest BCUT2D eigenvalue weighted by Gasteiger charge is -2.16. The number of rotatable bonds is 2. The molecule has 0 aromatic carbocycles. The van der Waals surface area contributed by atoms with Crippen molar-refractivity contribution in [3.63, 3.8) is 0 Å². The van der Waals surface area contributed by atoms with E-state index in [2.05, 4.69) is 33.2 Å². The summed E-state index contributed by atoms with van der Waals surface area (Å²) in [6, 6.07) is 8.09. The van der Waals surface area contributed by atoms with Crippen molar-refractivity contribution in [1.29, 1.82) is 0 Å². The van der Waals surface area contributed by atoms with Crippen molar-refractivity contribution in [3.8, 4) is 0 Å². The quantitative estimate of drug-likeness (QED) is 0.783. The van der Waals surface area contributed by atoms with Gasteiger partial charge in [-0.15, -0.1) is 0 Å². The van der Waals surface area contributed by atoms with Gasteiger partial charge in [0.2, 0.25) is 0 Å². The van der Waals surface area contributed by atoms with E-state index in [0.29, 0.717) is 0 Å². The molecule has 0 bridgehead atoms. The molecule has 0 fully saturated rings. The number of nitrogens with zero attached hydrogens (tertiary/aromatic N) is 3. The van der Waals surface area contributed by atoms with Crippen molar-refractivity contribution in [3.05, 3.63) is 65.8 Å². The maximum atomic E-state index is 4.72. The Labute approximate surface area is 128 Å². The summed E-state index contributed by atoms with van der Waals surface area (Å²) >= 11 is 0. The van der Waals surface area contributed by atoms with Gasteiger partial charge in [-0.05, 0) is 48.8 Å². The summed E-state index contributed by atoms with van der Waals surface area (Å²) in [6.45, 7) is 0.886. The fourth-order valence-electron chi connectivity index (χ4n) is 2.88. The molecule has 22 heavy (non-hydrogen) atoms. The van der Waals surface area contributed by atoms with Crippen LogP contribution >= 0.6 is 0 Å². The monoisotopic (exact) mass is 288 g/mol. The third-order valence-corrected chi connectivity index (χ3v) is 3.93. The van der Waals surface area contributed by atoms with Gasteiger partial charge in [-0.1, -0.05) is 0 Å². The van der Waals surface area contributed by atoms with Crippen LogP contribution in [-0.2, 0) is 0 Å². The van der Waals surface area contributed by atoms with E-state index in [1.165, 1.54) is 5.57 Å². The molecule has 0 unspecified atom stereocenters. The predicted molar refractivity (Wildman–Crippen MR) is 88.9 cm³/mol. The Hall–Kier alpha value is -2.75. The smallest absolute Gasteiger partial charge is 0.137 e. The number of nitrogens with one attached hydrogen (secondary N) is 1. The van der Waals surface area contributed by atoms with Crippen molar-refractivity contribution in [2.24, 2.45) is 4.99 Å². The molecule has 0 spiro atoms. The first kappa shape index (κ1) is 13.0. The van der Waals surface area contributed by atoms with Crippen LogP contribution in [0.5, 0.6) is 0 Å². The van der Waals surface area contributed by atoms with Crippen LogP contribution in [-0.4, -0.2) is 27.2 Å². The first-order valence-electron chi connectivity index (χ1n) is 7.50. The summed E-state index contributed by atoms with van der Waals surface area (Å²) in [4.78, 5) is 16.5. The molecule has 0 atom stereocenters. The highest BCUT2D eigenvalue weighted by Crippen LogP contribution is 2.25. The Balaban J connectivity index is 1.80. The van der Waals surface area contributed by atoms with Gasteiger partial charge < -0.3 is 4.98 Å². The number of allylic oxidation sites excluding steroid dienone is 1. The topological polar surface area (TPSA) is 53.9 Å². The Morgan fingerprint density at radius 2 is 2.09 bits per heavy atom. The minimum atomic E-state index is 0.886. The van der Waals surface area contributed by atoms with Gasteiger partial charge in [0.1, 0.15) is 5.65 Å². The van der Waals surface area contributed by atoms with Crippen LogP contribution in [0, 0.1) is 0 Å². The lowest BCUT2D eigenvalue weighted by atomic mass is 9.95. The van der Waals surface area contributed by atoms with Crippen LogP contribution in [0.25, 0.3) is 17.1 Å². The van der Waals surface area contributed by atoms with E-state index in [-0.39, 0.29) is 0 Å². The molecule has 4 nitrogen and oxygen atoms in total. The van der Waals surface area contributed by atoms with E-state index in [0.717, 1.165) is 47.3 Å². The van der Waals surface area contributed by atoms with E-state index in [4.69, 9.17) is 4.99 Å². The normalized spacial score (nSPS) is 16.9. The number of fused-ring (bicyclic) bond motifs is 1. The summed E-state index contributed by atoms with van der Waals surface area (Å²) in [5.41, 5.74) is 5.51. The van der Waals surface area contributed by atoms with Gasteiger partial charge in [-0.2, -0.15) is 0 Å². The molecule has 3 aromatic rings. The molecule has 1 aliphatic heterocycles. The first-order valence-corrected chi connectivity index (χ1v) is 7.50. The Bertz CT molecular complexity index is 859. The highest BCUT2D eigenvalue weighted by molar-refractivity contribution is 6.15. The van der Waals surface area contributed by atoms with Crippen LogP contribution in [0.1, 0.15) is 24.0 Å². The SMILES string of the molecule is C(=C1/CCCN=C1c1cccnc1)/c1c[nH]c2ncccc12. The maximum absolute atomic E-state index is 4.72. The van der Waals surface area contributed by atoms with E-state index in [1.807, 2.05) is 24.5 Å². The van der Waals surface area contributed by atoms with Crippen LogP contribution in [0.15, 0.2) is 59.6 Å². The molecule has 0 amide bonds. The number of aliphatic imine (C=N–C) groups is 1. The van der Waals surface area contributed by atoms with Gasteiger partial charge >= 0.3 is 0 Å². The molecule has 0 radical (unpaired) electrons. The van der Waals surface area contributed by atoms with Gasteiger partial charge in [0.15, 0.2) is 0 Å². The van der Waals surface area contributed by atoms with Gasteiger partial charge in [0.25, 0.3) is 0 Å². The molecule has 4 heterocycles. The molecule has 1 N–H and O–H groups in total. The fraction of sp³-hybridized carbons (Fsp3) is 0.167. The van der Waals surface area contributed by atoms with Crippen molar-refractivity contribution in [2.75, 3.05) is 6.54 Å². The van der Waals surface area contributed by atoms with Crippen molar-refractivity contribution >= 4 is 22.8 Å². The molecule has 0 saturated carbocycles. The van der Waals surface area contributed by atoms with Gasteiger partial charge in [-0.25, -0.2) is 4.98 Å². The van der Waals surface area contributed by atoms with Crippen molar-refractivity contribution < 1.29 is 0 Å². The maximum Gasteiger partial charge on any atom is 0.137 e. The highest BCUT2D eigenvalue weighted by atomic mass is 14.8. The second kappa shape index (κ2) is 5.56. The standard InChI is InChI=1S/C18H16N4/c1-5-14(11-19-7-1)17-13(4-2-8-20-17)10-15-12-22-18-16(15)6-3-9-21-18/h1,3,5-7,9-12H,2,4,8H2,(H,21,22)/b13-10+. The molecular weight excluding hydrogens is 272 g/mol. The lowest BCUT2D eigenvalue weighted by molar-refractivity contribution is 0.818. The number of hydrogen-bond donors (Lipinski definition) is 1. The van der Waals surface area contributed by atoms with Crippen LogP contribution in [0.3, 0.4) is 0 Å². The summed E-state index contributed by atoms with van der Waals surface area (Å²) in [5, 5.41) is 1.14. The Morgan fingerprint density at radius 3 is 3.00 bits per heavy atom. The second-order valence-corrected chi connectivity index (χ2v) is 5.39. The summed E-state index contributed by atoms with van der Waals surface area (Å²) in [6.07, 6.45) is 11.9. The number of hydrogen-bond acceptors (Lipinski definition) is 3. The average Bonchev–Trinajstić information content (AvgIpc) is 2.99. The predicted octanol–water partition coefficient (Wildman–Crippen LogP) is 3.62. The van der Waals surface area contributed by atoms with Crippen LogP contribution in [0.4, 0.5) is 0 Å². The number of aromatic amines is 1. The fourth-order valence-corrected chi connectivity index (χ4v) is 2.88. The zero-order valence-electron chi connectivity index (χ0n) is 12.2. The van der Waals surface area contributed by atoms with Crippen LogP contribution < -0.4 is 0 Å². The molecule has 4 rings (SSSR count). The number of H-pyrrole nitrogens is 1. The summed E-state index contributed by atoms with van der Waals surface area (Å²) in [5.74, 6) is 0. The molecular formula is C18H16N4. The Kier molecular flexibility index (Phi) is 3.27. The summed E-state index contributed by atoms with van der Waals surface area (Å²) < 4.78 is 0. The number of pyridine rings is 2. The first-order chi connectivity index (χ1) is 10.9. The number of aromatic nitrogens is 3. The van der Waals surface area contributed by atoms with Gasteiger partial charge in [-0.3, -0.25) is 9.98 Å². The van der Waals surface area contributed by atoms with Crippen molar-refractivity contribution in [2.45, 2.75) is 12.8 Å². The zero-order valence-corrected chi connectivity index (χ0v) is 12.2. The van der Waals surface area contributed by atoms with Crippen molar-refractivity contribution in [1.82, 2.24) is 15.0 Å². The van der Waals surface area contributed by atoms with Crippen LogP contribution in [0.2, 0.25) is 0 Å². The lowest BCUT2D eigenvalue weighted by Crippen LogP contribution is -2.11. The summed E-state index contributed by atoms with van der Waals surface area (Å²) in [7, 11) is 0. The molecule has 0 aliphatic carbocycles. The minimum absolute atomic E-state index is 0.886. The molecule has 1 aliphatic rings. The molecule has 0 saturated heterocycles. The zero-order chi connectivity index (χ0) is 14.8. The van der Waals surface area contributed by atoms with Gasteiger partial charge in [0.05, 0.1) is 5.71 Å². The van der Waals surface area contributed by atoms with E-state index in [1.54, 1.807) is 12.4 Å².